The molecular formula is C14H19NO2. The Morgan fingerprint density at radius 2 is 2.18 bits per heavy atom. The third-order valence-corrected chi connectivity index (χ3v) is 3.96. The van der Waals surface area contributed by atoms with Crippen molar-refractivity contribution in [1.82, 2.24) is 5.32 Å². The van der Waals surface area contributed by atoms with E-state index in [4.69, 9.17) is 4.74 Å². The maximum atomic E-state index is 9.29. The van der Waals surface area contributed by atoms with E-state index in [0.29, 0.717) is 5.92 Å². The Morgan fingerprint density at radius 3 is 2.94 bits per heavy atom. The minimum atomic E-state index is 0.0350. The second kappa shape index (κ2) is 4.31. The molecule has 1 aliphatic heterocycles. The topological polar surface area (TPSA) is 41.5 Å². The molecule has 1 aromatic carbocycles. The van der Waals surface area contributed by atoms with Crippen LogP contribution in [0.1, 0.15) is 30.7 Å². The lowest BCUT2D eigenvalue weighted by atomic mass is 9.93. The van der Waals surface area contributed by atoms with Crippen molar-refractivity contribution in [1.29, 1.82) is 0 Å². The summed E-state index contributed by atoms with van der Waals surface area (Å²) in [6.45, 7) is 2.01. The molecule has 1 aliphatic carbocycles. The van der Waals surface area contributed by atoms with Crippen LogP contribution in [0.25, 0.3) is 0 Å². The number of rotatable bonds is 4. The molecule has 0 amide bonds. The van der Waals surface area contributed by atoms with Crippen LogP contribution in [0.3, 0.4) is 0 Å². The first-order valence-electron chi connectivity index (χ1n) is 6.41. The van der Waals surface area contributed by atoms with Crippen molar-refractivity contribution in [2.24, 2.45) is 0 Å². The van der Waals surface area contributed by atoms with Crippen LogP contribution in [0.2, 0.25) is 0 Å². The van der Waals surface area contributed by atoms with E-state index in [0.717, 1.165) is 38.2 Å². The summed E-state index contributed by atoms with van der Waals surface area (Å²) in [5.74, 6) is 1.54. The van der Waals surface area contributed by atoms with Gasteiger partial charge in [-0.05, 0) is 30.9 Å². The second-order valence-corrected chi connectivity index (χ2v) is 5.19. The maximum absolute atomic E-state index is 9.29. The number of hydrogen-bond acceptors (Lipinski definition) is 3. The molecule has 0 spiro atoms. The molecule has 1 aromatic rings. The third kappa shape index (κ3) is 2.17. The van der Waals surface area contributed by atoms with Gasteiger partial charge in [-0.15, -0.1) is 0 Å². The van der Waals surface area contributed by atoms with Crippen LogP contribution in [0, 0.1) is 0 Å². The zero-order valence-corrected chi connectivity index (χ0v) is 9.98. The van der Waals surface area contributed by atoms with E-state index in [1.165, 1.54) is 5.56 Å². The molecule has 1 fully saturated rings. The summed E-state index contributed by atoms with van der Waals surface area (Å²) in [5, 5.41) is 12.8. The highest BCUT2D eigenvalue weighted by Crippen LogP contribution is 2.37. The van der Waals surface area contributed by atoms with Crippen LogP contribution in [0.15, 0.2) is 24.3 Å². The predicted molar refractivity (Wildman–Crippen MR) is 66.3 cm³/mol. The number of hydrogen-bond donors (Lipinski definition) is 2. The normalized spacial score (nSPS) is 24.9. The van der Waals surface area contributed by atoms with E-state index in [1.54, 1.807) is 0 Å². The number of aliphatic hydroxyl groups excluding tert-OH is 1. The molecule has 0 aromatic heterocycles. The van der Waals surface area contributed by atoms with Gasteiger partial charge < -0.3 is 15.2 Å². The van der Waals surface area contributed by atoms with Crippen molar-refractivity contribution < 1.29 is 9.84 Å². The van der Waals surface area contributed by atoms with E-state index >= 15 is 0 Å². The molecule has 3 nitrogen and oxygen atoms in total. The van der Waals surface area contributed by atoms with Crippen LogP contribution in [-0.2, 0) is 0 Å². The number of benzene rings is 1. The summed E-state index contributed by atoms with van der Waals surface area (Å²) >= 11 is 0. The van der Waals surface area contributed by atoms with Crippen LogP contribution in [0.5, 0.6) is 5.75 Å². The smallest absolute Gasteiger partial charge is 0.122 e. The van der Waals surface area contributed by atoms with Gasteiger partial charge in [0, 0.05) is 18.0 Å². The first-order chi connectivity index (χ1) is 8.33. The minimum absolute atomic E-state index is 0.0350. The number of fused-ring (bicyclic) bond motifs is 1. The third-order valence-electron chi connectivity index (χ3n) is 3.96. The fourth-order valence-electron chi connectivity index (χ4n) is 2.51. The molecule has 3 rings (SSSR count). The molecule has 2 N–H and O–H groups in total. The highest BCUT2D eigenvalue weighted by Gasteiger charge is 2.42. The minimum Gasteiger partial charge on any atom is -0.493 e. The molecule has 1 saturated carbocycles. The van der Waals surface area contributed by atoms with Crippen molar-refractivity contribution in [2.45, 2.75) is 30.7 Å². The van der Waals surface area contributed by atoms with Crippen molar-refractivity contribution >= 4 is 0 Å². The maximum Gasteiger partial charge on any atom is 0.122 e. The summed E-state index contributed by atoms with van der Waals surface area (Å²) in [7, 11) is 0. The van der Waals surface area contributed by atoms with Gasteiger partial charge in [0.2, 0.25) is 0 Å². The fourth-order valence-corrected chi connectivity index (χ4v) is 2.51. The van der Waals surface area contributed by atoms with Crippen LogP contribution in [0.4, 0.5) is 0 Å². The van der Waals surface area contributed by atoms with Crippen LogP contribution in [-0.4, -0.2) is 30.4 Å². The number of para-hydroxylation sites is 1. The molecular weight excluding hydrogens is 214 g/mol. The van der Waals surface area contributed by atoms with Gasteiger partial charge in [0.1, 0.15) is 5.75 Å². The van der Waals surface area contributed by atoms with Gasteiger partial charge in [-0.25, -0.2) is 0 Å². The monoisotopic (exact) mass is 233 g/mol. The molecule has 1 unspecified atom stereocenters. The quantitative estimate of drug-likeness (QED) is 0.831. The Kier molecular flexibility index (Phi) is 2.81. The fraction of sp³-hybridized carbons (Fsp3) is 0.571. The Labute approximate surface area is 102 Å². The lowest BCUT2D eigenvalue weighted by Crippen LogP contribution is -2.38. The summed E-state index contributed by atoms with van der Waals surface area (Å²) in [6, 6.07) is 8.28. The van der Waals surface area contributed by atoms with Gasteiger partial charge in [0.15, 0.2) is 0 Å². The standard InChI is InChI=1S/C14H19NO2/c16-10-14(6-7-14)15-9-11-5-8-17-13-4-2-1-3-12(11)13/h1-4,11,15-16H,5-10H2. The number of ether oxygens (including phenoxy) is 1. The van der Waals surface area contributed by atoms with E-state index in [1.807, 2.05) is 12.1 Å². The Morgan fingerprint density at radius 1 is 1.35 bits per heavy atom. The molecule has 1 heterocycles. The van der Waals surface area contributed by atoms with E-state index in [9.17, 15) is 5.11 Å². The second-order valence-electron chi connectivity index (χ2n) is 5.19. The molecule has 0 saturated heterocycles. The molecule has 92 valence electrons. The summed E-state index contributed by atoms with van der Waals surface area (Å²) < 4.78 is 5.65. The average Bonchev–Trinajstić information content (AvgIpc) is 3.17. The van der Waals surface area contributed by atoms with E-state index in [-0.39, 0.29) is 12.1 Å². The lowest BCUT2D eigenvalue weighted by Gasteiger charge is -2.27. The first kappa shape index (κ1) is 11.1. The highest BCUT2D eigenvalue weighted by atomic mass is 16.5. The van der Waals surface area contributed by atoms with Gasteiger partial charge in [-0.1, -0.05) is 18.2 Å². The van der Waals surface area contributed by atoms with Crippen molar-refractivity contribution in [3.63, 3.8) is 0 Å². The summed E-state index contributed by atoms with van der Waals surface area (Å²) in [5.41, 5.74) is 1.34. The molecule has 1 atom stereocenters. The van der Waals surface area contributed by atoms with Crippen molar-refractivity contribution in [3.8, 4) is 5.75 Å². The average molecular weight is 233 g/mol. The molecule has 0 radical (unpaired) electrons. The zero-order chi connectivity index (χ0) is 11.7. The van der Waals surface area contributed by atoms with E-state index < -0.39 is 0 Å². The number of aliphatic hydroxyl groups is 1. The Balaban J connectivity index is 1.68. The Bertz CT molecular complexity index is 401. The first-order valence-corrected chi connectivity index (χ1v) is 6.41. The molecule has 3 heteroatoms. The Hall–Kier alpha value is -1.06. The van der Waals surface area contributed by atoms with Gasteiger partial charge in [0.05, 0.1) is 13.2 Å². The predicted octanol–water partition coefficient (Wildman–Crippen LogP) is 1.67. The largest absolute Gasteiger partial charge is 0.493 e. The van der Waals surface area contributed by atoms with E-state index in [2.05, 4.69) is 17.4 Å². The van der Waals surface area contributed by atoms with Gasteiger partial charge in [0.25, 0.3) is 0 Å². The van der Waals surface area contributed by atoms with Crippen LogP contribution < -0.4 is 10.1 Å². The van der Waals surface area contributed by atoms with Crippen molar-refractivity contribution in [2.75, 3.05) is 19.8 Å². The van der Waals surface area contributed by atoms with Gasteiger partial charge in [-0.2, -0.15) is 0 Å². The highest BCUT2D eigenvalue weighted by molar-refractivity contribution is 5.38. The molecule has 0 bridgehead atoms. The molecule has 2 aliphatic rings. The summed E-state index contributed by atoms with van der Waals surface area (Å²) in [6.07, 6.45) is 3.27. The van der Waals surface area contributed by atoms with Gasteiger partial charge in [-0.3, -0.25) is 0 Å². The van der Waals surface area contributed by atoms with Crippen molar-refractivity contribution in [3.05, 3.63) is 29.8 Å². The number of nitrogens with one attached hydrogen (secondary N) is 1. The molecule has 17 heavy (non-hydrogen) atoms. The van der Waals surface area contributed by atoms with Gasteiger partial charge >= 0.3 is 0 Å². The lowest BCUT2D eigenvalue weighted by molar-refractivity contribution is 0.219. The summed E-state index contributed by atoms with van der Waals surface area (Å²) in [4.78, 5) is 0. The SMILES string of the molecule is OCC1(NCC2CCOc3ccccc32)CC1. The van der Waals surface area contributed by atoms with Crippen LogP contribution >= 0.6 is 0 Å². The zero-order valence-electron chi connectivity index (χ0n) is 9.98.